The fourth-order valence-electron chi connectivity index (χ4n) is 3.95. The van der Waals surface area contributed by atoms with Gasteiger partial charge in [-0.1, -0.05) is 24.3 Å². The number of rotatable bonds is 6. The Labute approximate surface area is 183 Å². The van der Waals surface area contributed by atoms with E-state index in [0.717, 1.165) is 49.9 Å². The van der Waals surface area contributed by atoms with Crippen LogP contribution in [0, 0.1) is 0 Å². The summed E-state index contributed by atoms with van der Waals surface area (Å²) in [5, 5.41) is 6.74. The van der Waals surface area contributed by atoms with Gasteiger partial charge in [0.15, 0.2) is 5.96 Å². The molecular weight excluding hydrogens is 392 g/mol. The molecule has 1 atom stereocenters. The first kappa shape index (κ1) is 21.1. The van der Waals surface area contributed by atoms with Gasteiger partial charge in [0, 0.05) is 50.0 Å². The molecule has 0 radical (unpaired) electrons. The van der Waals surface area contributed by atoms with Gasteiger partial charge in [0.1, 0.15) is 5.82 Å². The molecule has 2 fully saturated rings. The zero-order chi connectivity index (χ0) is 21.5. The van der Waals surface area contributed by atoms with E-state index in [1.807, 2.05) is 54.4 Å². The van der Waals surface area contributed by atoms with Crippen LogP contribution in [0.2, 0.25) is 0 Å². The largest absolute Gasteiger partial charge is 0.378 e. The molecule has 31 heavy (non-hydrogen) atoms. The van der Waals surface area contributed by atoms with Crippen LogP contribution in [-0.2, 0) is 16.1 Å². The first-order valence-electron chi connectivity index (χ1n) is 10.9. The van der Waals surface area contributed by atoms with Crippen molar-refractivity contribution >= 4 is 23.4 Å². The molecule has 3 heterocycles. The van der Waals surface area contributed by atoms with Gasteiger partial charge in [0.25, 0.3) is 0 Å². The quantitative estimate of drug-likeness (QED) is 0.546. The summed E-state index contributed by atoms with van der Waals surface area (Å²) in [5.41, 5.74) is 2.01. The van der Waals surface area contributed by atoms with E-state index in [1.54, 1.807) is 0 Å². The smallest absolute Gasteiger partial charge is 0.229 e. The monoisotopic (exact) mass is 422 g/mol. The molecule has 1 amide bonds. The predicted octanol–water partition coefficient (Wildman–Crippen LogP) is 1.78. The Kier molecular flexibility index (Phi) is 6.99. The van der Waals surface area contributed by atoms with Crippen LogP contribution in [0.5, 0.6) is 0 Å². The Hall–Kier alpha value is -3.13. The topological polar surface area (TPSA) is 82.1 Å². The van der Waals surface area contributed by atoms with Gasteiger partial charge in [0.2, 0.25) is 5.91 Å². The SMILES string of the molecule is CCNC(=NCc1cccnc1N1CCOCC1)NC1CC(=O)N(c2ccccc2)C1. The second-order valence-electron chi connectivity index (χ2n) is 7.67. The maximum absolute atomic E-state index is 12.5. The van der Waals surface area contributed by atoms with E-state index in [0.29, 0.717) is 25.5 Å². The van der Waals surface area contributed by atoms with E-state index in [9.17, 15) is 4.79 Å². The first-order valence-corrected chi connectivity index (χ1v) is 10.9. The third-order valence-corrected chi connectivity index (χ3v) is 5.46. The van der Waals surface area contributed by atoms with Crippen LogP contribution >= 0.6 is 0 Å². The number of para-hydroxylation sites is 1. The van der Waals surface area contributed by atoms with E-state index < -0.39 is 0 Å². The molecule has 8 heteroatoms. The molecule has 2 aromatic rings. The van der Waals surface area contributed by atoms with Gasteiger partial charge in [0.05, 0.1) is 25.8 Å². The minimum atomic E-state index is 0.0121. The van der Waals surface area contributed by atoms with Crippen LogP contribution in [0.15, 0.2) is 53.7 Å². The molecular formula is C23H30N6O2. The molecule has 8 nitrogen and oxygen atoms in total. The maximum atomic E-state index is 12.5. The Balaban J connectivity index is 1.43. The van der Waals surface area contributed by atoms with E-state index in [2.05, 4.69) is 26.6 Å². The van der Waals surface area contributed by atoms with Crippen molar-refractivity contribution in [1.82, 2.24) is 15.6 Å². The number of nitrogens with one attached hydrogen (secondary N) is 2. The number of aromatic nitrogens is 1. The lowest BCUT2D eigenvalue weighted by atomic mass is 10.2. The standard InChI is InChI=1S/C23H30N6O2/c1-2-24-23(27-19-15-21(30)29(17-19)20-8-4-3-5-9-20)26-16-18-7-6-10-25-22(18)28-11-13-31-14-12-28/h3-10,19H,2,11-17H2,1H3,(H2,24,26,27). The zero-order valence-corrected chi connectivity index (χ0v) is 18.0. The van der Waals surface area contributed by atoms with Gasteiger partial charge in [-0.2, -0.15) is 0 Å². The fourth-order valence-corrected chi connectivity index (χ4v) is 3.95. The molecule has 164 valence electrons. The summed E-state index contributed by atoms with van der Waals surface area (Å²) in [6.07, 6.45) is 2.27. The number of hydrogen-bond donors (Lipinski definition) is 2. The average Bonchev–Trinajstić information content (AvgIpc) is 3.19. The zero-order valence-electron chi connectivity index (χ0n) is 18.0. The average molecular weight is 423 g/mol. The first-order chi connectivity index (χ1) is 15.2. The van der Waals surface area contributed by atoms with Crippen molar-refractivity contribution in [2.75, 3.05) is 49.2 Å². The second-order valence-corrected chi connectivity index (χ2v) is 7.67. The van der Waals surface area contributed by atoms with Crippen LogP contribution in [-0.4, -0.2) is 62.3 Å². The summed E-state index contributed by atoms with van der Waals surface area (Å²) in [4.78, 5) is 26.0. The Morgan fingerprint density at radius 3 is 2.77 bits per heavy atom. The summed E-state index contributed by atoms with van der Waals surface area (Å²) in [5.74, 6) is 1.81. The van der Waals surface area contributed by atoms with E-state index >= 15 is 0 Å². The highest BCUT2D eigenvalue weighted by Gasteiger charge is 2.31. The molecule has 2 saturated heterocycles. The van der Waals surface area contributed by atoms with Crippen molar-refractivity contribution in [3.8, 4) is 0 Å². The normalized spacial score (nSPS) is 19.6. The number of carbonyl (C=O) groups is 1. The van der Waals surface area contributed by atoms with E-state index in [-0.39, 0.29) is 11.9 Å². The van der Waals surface area contributed by atoms with Crippen LogP contribution in [0.25, 0.3) is 0 Å². The van der Waals surface area contributed by atoms with E-state index in [1.165, 1.54) is 0 Å². The molecule has 1 unspecified atom stereocenters. The highest BCUT2D eigenvalue weighted by atomic mass is 16.5. The number of carbonyl (C=O) groups excluding carboxylic acids is 1. The molecule has 0 aliphatic carbocycles. The predicted molar refractivity (Wildman–Crippen MR) is 122 cm³/mol. The Morgan fingerprint density at radius 1 is 1.19 bits per heavy atom. The van der Waals surface area contributed by atoms with Crippen molar-refractivity contribution in [3.63, 3.8) is 0 Å². The fraction of sp³-hybridized carbons (Fsp3) is 0.435. The Morgan fingerprint density at radius 2 is 2.00 bits per heavy atom. The highest BCUT2D eigenvalue weighted by Crippen LogP contribution is 2.21. The van der Waals surface area contributed by atoms with Crippen LogP contribution in [0.3, 0.4) is 0 Å². The van der Waals surface area contributed by atoms with Gasteiger partial charge >= 0.3 is 0 Å². The minimum absolute atomic E-state index is 0.0121. The molecule has 0 spiro atoms. The van der Waals surface area contributed by atoms with Gasteiger partial charge in [-0.25, -0.2) is 9.98 Å². The number of guanidine groups is 1. The Bertz CT molecular complexity index is 898. The number of nitrogens with zero attached hydrogens (tertiary/aromatic N) is 4. The maximum Gasteiger partial charge on any atom is 0.229 e. The number of morpholine rings is 1. The van der Waals surface area contributed by atoms with Crippen molar-refractivity contribution in [1.29, 1.82) is 0 Å². The van der Waals surface area contributed by atoms with Gasteiger partial charge in [-0.3, -0.25) is 4.79 Å². The van der Waals surface area contributed by atoms with Crippen molar-refractivity contribution in [3.05, 3.63) is 54.2 Å². The number of amides is 1. The summed E-state index contributed by atoms with van der Waals surface area (Å²) < 4.78 is 5.47. The molecule has 2 aliphatic rings. The molecule has 2 N–H and O–H groups in total. The number of ether oxygens (including phenoxy) is 1. The minimum Gasteiger partial charge on any atom is -0.378 e. The van der Waals surface area contributed by atoms with Crippen LogP contribution in [0.4, 0.5) is 11.5 Å². The number of anilines is 2. The summed E-state index contributed by atoms with van der Waals surface area (Å²) in [6.45, 7) is 7.04. The molecule has 0 saturated carbocycles. The lowest BCUT2D eigenvalue weighted by molar-refractivity contribution is -0.117. The number of benzene rings is 1. The summed E-state index contributed by atoms with van der Waals surface area (Å²) >= 11 is 0. The molecule has 2 aliphatic heterocycles. The van der Waals surface area contributed by atoms with Crippen LogP contribution < -0.4 is 20.4 Å². The van der Waals surface area contributed by atoms with Crippen molar-refractivity contribution < 1.29 is 9.53 Å². The van der Waals surface area contributed by atoms with Gasteiger partial charge < -0.3 is 25.2 Å². The molecule has 1 aromatic carbocycles. The van der Waals surface area contributed by atoms with Crippen molar-refractivity contribution in [2.45, 2.75) is 25.9 Å². The molecule has 1 aromatic heterocycles. The summed E-state index contributed by atoms with van der Waals surface area (Å²) in [6, 6.07) is 13.8. The number of hydrogen-bond acceptors (Lipinski definition) is 5. The lowest BCUT2D eigenvalue weighted by Gasteiger charge is -2.29. The van der Waals surface area contributed by atoms with Crippen molar-refractivity contribution in [2.24, 2.45) is 4.99 Å². The highest BCUT2D eigenvalue weighted by molar-refractivity contribution is 5.97. The lowest BCUT2D eigenvalue weighted by Crippen LogP contribution is -2.44. The third-order valence-electron chi connectivity index (χ3n) is 5.46. The third kappa shape index (κ3) is 5.32. The summed E-state index contributed by atoms with van der Waals surface area (Å²) in [7, 11) is 0. The molecule has 4 rings (SSSR count). The van der Waals surface area contributed by atoms with E-state index in [4.69, 9.17) is 9.73 Å². The second kappa shape index (κ2) is 10.3. The number of aliphatic imine (C=N–C) groups is 1. The van der Waals surface area contributed by atoms with Gasteiger partial charge in [-0.15, -0.1) is 0 Å². The number of pyridine rings is 1. The van der Waals surface area contributed by atoms with Gasteiger partial charge in [-0.05, 0) is 25.1 Å². The molecule has 0 bridgehead atoms. The van der Waals surface area contributed by atoms with Crippen LogP contribution in [0.1, 0.15) is 18.9 Å².